The minimum absolute atomic E-state index is 0.274. The second-order valence-corrected chi connectivity index (χ2v) is 13.6. The number of carbonyl (C=O) groups excluding carboxylic acids is 1. The Labute approximate surface area is 257 Å². The molecule has 41 heavy (non-hydrogen) atoms. The van der Waals surface area contributed by atoms with Gasteiger partial charge in [0.1, 0.15) is 5.75 Å². The van der Waals surface area contributed by atoms with E-state index >= 15 is 0 Å². The van der Waals surface area contributed by atoms with E-state index in [1.807, 2.05) is 36.4 Å². The molecule has 1 N–H and O–H groups in total. The molecular weight excluding hydrogens is 572 g/mol. The number of aryl methyl sites for hydroxylation is 2. The standard InChI is InChI=1S/C20H23ClN2O2S.C13H18OS/c1-3-4-14-9-16(21)5-7-18(14)15-11-23(2)19-10-17(26-22-13-24)6-8-20(19)25-12-15;1-2-11-5-4-8-13(9-11)15(14)10-12-6-3-7-12/h5-10,13,15H,3-4,11-12H2,1-2H3,(H,22,24);4-5,8-9,12H,2-3,6-7,10H2,1H3. The van der Waals surface area contributed by atoms with Gasteiger partial charge in [0.15, 0.2) is 0 Å². The third kappa shape index (κ3) is 8.76. The molecule has 5 nitrogen and oxygen atoms in total. The first-order valence-corrected chi connectivity index (χ1v) is 17.0. The Hall–Kier alpha value is -2.48. The fourth-order valence-electron chi connectivity index (χ4n) is 5.27. The van der Waals surface area contributed by atoms with Crippen LogP contribution in [0, 0.1) is 5.92 Å². The molecule has 0 aromatic heterocycles. The molecule has 2 aliphatic rings. The largest absolute Gasteiger partial charge is 0.491 e. The van der Waals surface area contributed by atoms with Gasteiger partial charge in [-0.05, 0) is 103 Å². The molecule has 0 spiro atoms. The topological polar surface area (TPSA) is 58.6 Å². The van der Waals surface area contributed by atoms with Crippen molar-refractivity contribution in [2.45, 2.75) is 68.1 Å². The van der Waals surface area contributed by atoms with Crippen LogP contribution >= 0.6 is 23.5 Å². The summed E-state index contributed by atoms with van der Waals surface area (Å²) in [5.41, 5.74) is 4.94. The van der Waals surface area contributed by atoms with Gasteiger partial charge in [0, 0.05) is 40.1 Å². The molecule has 1 heterocycles. The van der Waals surface area contributed by atoms with Gasteiger partial charge in [0.25, 0.3) is 0 Å². The quantitative estimate of drug-likeness (QED) is 0.187. The van der Waals surface area contributed by atoms with Crippen LogP contribution in [0.4, 0.5) is 5.69 Å². The third-order valence-corrected chi connectivity index (χ3v) is 10.2. The van der Waals surface area contributed by atoms with Gasteiger partial charge in [0.05, 0.1) is 23.1 Å². The number of carbonyl (C=O) groups is 1. The predicted molar refractivity (Wildman–Crippen MR) is 173 cm³/mol. The zero-order chi connectivity index (χ0) is 29.2. The van der Waals surface area contributed by atoms with Crippen LogP contribution in [0.1, 0.15) is 62.1 Å². The molecule has 0 saturated heterocycles. The number of hydrogen-bond donors (Lipinski definition) is 1. The Balaban J connectivity index is 0.000000218. The zero-order valence-corrected chi connectivity index (χ0v) is 26.6. The van der Waals surface area contributed by atoms with Crippen LogP contribution in [-0.2, 0) is 28.4 Å². The summed E-state index contributed by atoms with van der Waals surface area (Å²) in [6.45, 7) is 5.81. The van der Waals surface area contributed by atoms with Gasteiger partial charge in [-0.25, -0.2) is 0 Å². The summed E-state index contributed by atoms with van der Waals surface area (Å²) in [5, 5.41) is 0.785. The Morgan fingerprint density at radius 1 is 1.12 bits per heavy atom. The van der Waals surface area contributed by atoms with E-state index in [9.17, 15) is 9.00 Å². The van der Waals surface area contributed by atoms with Crippen molar-refractivity contribution in [3.8, 4) is 5.75 Å². The first-order valence-electron chi connectivity index (χ1n) is 14.5. The van der Waals surface area contributed by atoms with Crippen molar-refractivity contribution in [1.29, 1.82) is 0 Å². The highest BCUT2D eigenvalue weighted by atomic mass is 35.5. The molecule has 5 rings (SSSR count). The van der Waals surface area contributed by atoms with Crippen molar-refractivity contribution >= 4 is 46.4 Å². The van der Waals surface area contributed by atoms with Gasteiger partial charge < -0.3 is 9.64 Å². The van der Waals surface area contributed by atoms with Crippen molar-refractivity contribution in [3.63, 3.8) is 0 Å². The van der Waals surface area contributed by atoms with Crippen LogP contribution in [0.5, 0.6) is 5.75 Å². The Morgan fingerprint density at radius 2 is 1.95 bits per heavy atom. The number of nitrogens with zero attached hydrogens (tertiary/aromatic N) is 1. The lowest BCUT2D eigenvalue weighted by Gasteiger charge is -2.24. The van der Waals surface area contributed by atoms with E-state index in [-0.39, 0.29) is 5.92 Å². The van der Waals surface area contributed by atoms with Crippen molar-refractivity contribution in [1.82, 2.24) is 4.72 Å². The number of halogens is 1. The van der Waals surface area contributed by atoms with Crippen LogP contribution < -0.4 is 14.4 Å². The minimum atomic E-state index is -0.774. The number of hydrogen-bond acceptors (Lipinski definition) is 5. The molecule has 220 valence electrons. The van der Waals surface area contributed by atoms with Gasteiger partial charge in [0.2, 0.25) is 6.41 Å². The van der Waals surface area contributed by atoms with Crippen LogP contribution in [0.25, 0.3) is 0 Å². The molecule has 1 amide bonds. The molecule has 0 radical (unpaired) electrons. The van der Waals surface area contributed by atoms with Crippen molar-refractivity contribution in [2.75, 3.05) is 30.9 Å². The summed E-state index contributed by atoms with van der Waals surface area (Å²) in [6.07, 6.45) is 7.69. The highest BCUT2D eigenvalue weighted by molar-refractivity contribution is 7.97. The third-order valence-electron chi connectivity index (χ3n) is 7.75. The van der Waals surface area contributed by atoms with E-state index in [0.717, 1.165) is 63.7 Å². The highest BCUT2D eigenvalue weighted by Crippen LogP contribution is 2.37. The van der Waals surface area contributed by atoms with Gasteiger partial charge >= 0.3 is 0 Å². The van der Waals surface area contributed by atoms with Gasteiger partial charge in [-0.3, -0.25) is 13.7 Å². The summed E-state index contributed by atoms with van der Waals surface area (Å²) in [7, 11) is 1.31. The maximum Gasteiger partial charge on any atom is 0.217 e. The second-order valence-electron chi connectivity index (χ2n) is 10.8. The molecule has 0 bridgehead atoms. The molecule has 8 heteroatoms. The summed E-state index contributed by atoms with van der Waals surface area (Å²) in [4.78, 5) is 14.7. The lowest BCUT2D eigenvalue weighted by Crippen LogP contribution is -2.25. The lowest BCUT2D eigenvalue weighted by molar-refractivity contribution is -0.107. The first kappa shape index (κ1) is 31.5. The van der Waals surface area contributed by atoms with Gasteiger partial charge in [-0.15, -0.1) is 0 Å². The fourth-order valence-corrected chi connectivity index (χ4v) is 7.42. The molecule has 1 aliphatic carbocycles. The van der Waals surface area contributed by atoms with E-state index < -0.39 is 10.8 Å². The predicted octanol–water partition coefficient (Wildman–Crippen LogP) is 7.81. The van der Waals surface area contributed by atoms with Crippen molar-refractivity contribution < 1.29 is 13.7 Å². The number of ether oxygens (including phenoxy) is 1. The van der Waals surface area contributed by atoms with Crippen LogP contribution in [0.15, 0.2) is 70.5 Å². The summed E-state index contributed by atoms with van der Waals surface area (Å²) >= 11 is 7.50. The summed E-state index contributed by atoms with van der Waals surface area (Å²) in [6, 6.07) is 20.4. The van der Waals surface area contributed by atoms with Gasteiger partial charge in [-0.1, -0.05) is 56.5 Å². The maximum absolute atomic E-state index is 12.0. The molecule has 3 aromatic carbocycles. The van der Waals surface area contributed by atoms with E-state index in [1.165, 1.54) is 47.9 Å². The fraction of sp³-hybridized carbons (Fsp3) is 0.424. The summed E-state index contributed by atoms with van der Waals surface area (Å²) in [5.74, 6) is 2.73. The monoisotopic (exact) mass is 612 g/mol. The van der Waals surface area contributed by atoms with E-state index in [1.54, 1.807) is 0 Å². The lowest BCUT2D eigenvalue weighted by atomic mass is 9.87. The van der Waals surface area contributed by atoms with Crippen LogP contribution in [0.3, 0.4) is 0 Å². The number of fused-ring (bicyclic) bond motifs is 1. The molecule has 2 unspecified atom stereocenters. The number of likely N-dealkylation sites (N-methyl/N-ethyl adjacent to an activating group) is 1. The SMILES string of the molecule is CCCc1cc(Cl)ccc1C1COc2ccc(SNC=O)cc2N(C)C1.CCc1cccc(S(=O)CC2CCC2)c1. The Bertz CT molecular complexity index is 1330. The smallest absolute Gasteiger partial charge is 0.217 e. The second kappa shape index (κ2) is 15.7. The summed E-state index contributed by atoms with van der Waals surface area (Å²) < 4.78 is 20.8. The van der Waals surface area contributed by atoms with Crippen molar-refractivity contribution in [3.05, 3.63) is 82.4 Å². The average molecular weight is 613 g/mol. The Kier molecular flexibility index (Phi) is 12.0. The van der Waals surface area contributed by atoms with E-state index in [0.29, 0.717) is 13.0 Å². The first-order chi connectivity index (χ1) is 19.9. The minimum Gasteiger partial charge on any atom is -0.491 e. The van der Waals surface area contributed by atoms with Crippen molar-refractivity contribution in [2.24, 2.45) is 5.92 Å². The number of nitrogens with one attached hydrogen (secondary N) is 1. The average Bonchev–Trinajstić information content (AvgIpc) is 3.12. The molecule has 1 fully saturated rings. The molecule has 3 aromatic rings. The van der Waals surface area contributed by atoms with Crippen LogP contribution in [0.2, 0.25) is 5.02 Å². The Morgan fingerprint density at radius 3 is 2.66 bits per heavy atom. The van der Waals surface area contributed by atoms with E-state index in [4.69, 9.17) is 16.3 Å². The van der Waals surface area contributed by atoms with E-state index in [2.05, 4.69) is 54.8 Å². The normalized spacial score (nSPS) is 17.2. The highest BCUT2D eigenvalue weighted by Gasteiger charge is 2.24. The number of anilines is 1. The molecule has 1 saturated carbocycles. The number of amides is 1. The van der Waals surface area contributed by atoms with Crippen LogP contribution in [-0.4, -0.2) is 36.6 Å². The zero-order valence-electron chi connectivity index (χ0n) is 24.2. The molecular formula is C33H41ClN2O3S2. The van der Waals surface area contributed by atoms with Gasteiger partial charge in [-0.2, -0.15) is 0 Å². The molecule has 1 aliphatic heterocycles. The maximum atomic E-state index is 12.0. The number of rotatable bonds is 10. The molecule has 2 atom stereocenters. The number of benzene rings is 3.